The molecule has 1 aliphatic carbocycles. The van der Waals surface area contributed by atoms with Crippen LogP contribution in [0.3, 0.4) is 0 Å². The van der Waals surface area contributed by atoms with E-state index in [1.807, 2.05) is 6.07 Å². The van der Waals surface area contributed by atoms with Gasteiger partial charge in [0, 0.05) is 29.9 Å². The summed E-state index contributed by atoms with van der Waals surface area (Å²) in [6, 6.07) is 7.18. The van der Waals surface area contributed by atoms with Crippen LogP contribution in [0, 0.1) is 10.1 Å². The van der Waals surface area contributed by atoms with Crippen molar-refractivity contribution in [3.63, 3.8) is 0 Å². The number of nitro groups is 1. The fourth-order valence-corrected chi connectivity index (χ4v) is 2.72. The first kappa shape index (κ1) is 15.0. The van der Waals surface area contributed by atoms with Gasteiger partial charge in [-0.3, -0.25) is 15.2 Å². The summed E-state index contributed by atoms with van der Waals surface area (Å²) < 4.78 is 10.3. The third-order valence-corrected chi connectivity index (χ3v) is 3.86. The highest BCUT2D eigenvalue weighted by Gasteiger charge is 2.30. The van der Waals surface area contributed by atoms with Crippen LogP contribution in [-0.4, -0.2) is 27.4 Å². The summed E-state index contributed by atoms with van der Waals surface area (Å²) in [4.78, 5) is 21.8. The second-order valence-electron chi connectivity index (χ2n) is 5.36. The zero-order valence-electron chi connectivity index (χ0n) is 12.2. The predicted molar refractivity (Wildman–Crippen MR) is 79.2 cm³/mol. The Morgan fingerprint density at radius 2 is 2.04 bits per heavy atom. The van der Waals surface area contributed by atoms with Gasteiger partial charge < -0.3 is 9.47 Å². The molecule has 1 aromatic heterocycles. The first-order valence-corrected chi connectivity index (χ1v) is 7.24. The van der Waals surface area contributed by atoms with Crippen LogP contribution < -0.4 is 4.74 Å². The van der Waals surface area contributed by atoms with E-state index in [4.69, 9.17) is 9.47 Å². The molecule has 1 fully saturated rings. The van der Waals surface area contributed by atoms with E-state index in [1.165, 1.54) is 24.3 Å². The van der Waals surface area contributed by atoms with Crippen molar-refractivity contribution >= 4 is 11.8 Å². The molecule has 23 heavy (non-hydrogen) atoms. The van der Waals surface area contributed by atoms with Crippen molar-refractivity contribution < 1.29 is 19.2 Å². The molecule has 0 spiro atoms. The molecule has 1 heterocycles. The van der Waals surface area contributed by atoms with Gasteiger partial charge in [0.15, 0.2) is 0 Å². The zero-order chi connectivity index (χ0) is 16.2. The number of aromatic nitrogens is 2. The van der Waals surface area contributed by atoms with Gasteiger partial charge in [-0.2, -0.15) is 5.10 Å². The second kappa shape index (κ2) is 6.47. The molecular formula is C15H15N3O5. The molecule has 1 aliphatic rings. The number of H-pyrrole nitrogens is 1. The quantitative estimate of drug-likeness (QED) is 0.401. The lowest BCUT2D eigenvalue weighted by atomic mass is 10.0. The molecule has 2 atom stereocenters. The van der Waals surface area contributed by atoms with Crippen LogP contribution in [0.5, 0.6) is 5.75 Å². The maximum Gasteiger partial charge on any atom is 0.514 e. The van der Waals surface area contributed by atoms with E-state index in [0.717, 1.165) is 25.0 Å². The van der Waals surface area contributed by atoms with E-state index in [-0.39, 0.29) is 17.5 Å². The Bertz CT molecular complexity index is 684. The van der Waals surface area contributed by atoms with Crippen LogP contribution in [0.25, 0.3) is 0 Å². The van der Waals surface area contributed by atoms with Gasteiger partial charge in [0.25, 0.3) is 5.69 Å². The van der Waals surface area contributed by atoms with Gasteiger partial charge in [0.2, 0.25) is 0 Å². The molecule has 3 rings (SSSR count). The number of hydrogen-bond acceptors (Lipinski definition) is 6. The Kier molecular flexibility index (Phi) is 4.22. The van der Waals surface area contributed by atoms with Crippen molar-refractivity contribution in [2.75, 3.05) is 0 Å². The van der Waals surface area contributed by atoms with Crippen LogP contribution in [-0.2, 0) is 4.74 Å². The number of aromatic amines is 1. The van der Waals surface area contributed by atoms with E-state index in [9.17, 15) is 14.9 Å². The first-order valence-electron chi connectivity index (χ1n) is 7.24. The maximum absolute atomic E-state index is 11.8. The van der Waals surface area contributed by atoms with Crippen LogP contribution >= 0.6 is 0 Å². The maximum atomic E-state index is 11.8. The van der Waals surface area contributed by atoms with Crippen molar-refractivity contribution in [1.82, 2.24) is 10.2 Å². The number of nitrogens with zero attached hydrogens (tertiary/aromatic N) is 2. The van der Waals surface area contributed by atoms with E-state index in [1.54, 1.807) is 6.20 Å². The highest BCUT2D eigenvalue weighted by Crippen LogP contribution is 2.35. The van der Waals surface area contributed by atoms with Crippen molar-refractivity contribution in [3.05, 3.63) is 52.3 Å². The molecule has 120 valence electrons. The largest absolute Gasteiger partial charge is 0.514 e. The number of rotatable bonds is 4. The number of non-ortho nitro benzene ring substituents is 1. The third-order valence-electron chi connectivity index (χ3n) is 3.86. The first-order chi connectivity index (χ1) is 11.1. The number of nitrogens with one attached hydrogen (secondary N) is 1. The summed E-state index contributed by atoms with van der Waals surface area (Å²) in [7, 11) is 0. The zero-order valence-corrected chi connectivity index (χ0v) is 12.2. The Morgan fingerprint density at radius 3 is 2.70 bits per heavy atom. The Hall–Kier alpha value is -2.90. The number of ether oxygens (including phenoxy) is 2. The lowest BCUT2D eigenvalue weighted by Gasteiger charge is -2.12. The molecule has 8 nitrogen and oxygen atoms in total. The monoisotopic (exact) mass is 317 g/mol. The minimum absolute atomic E-state index is 0.0658. The summed E-state index contributed by atoms with van der Waals surface area (Å²) in [6.45, 7) is 0. The van der Waals surface area contributed by atoms with Crippen LogP contribution in [0.4, 0.5) is 10.5 Å². The van der Waals surface area contributed by atoms with Crippen molar-refractivity contribution in [3.8, 4) is 5.75 Å². The van der Waals surface area contributed by atoms with Crippen molar-refractivity contribution in [1.29, 1.82) is 0 Å². The normalized spacial score (nSPS) is 20.2. The van der Waals surface area contributed by atoms with Crippen LogP contribution in [0.1, 0.15) is 30.9 Å². The average molecular weight is 317 g/mol. The number of nitro benzene ring substituents is 1. The van der Waals surface area contributed by atoms with Gasteiger partial charge in [0.1, 0.15) is 11.9 Å². The molecule has 2 unspecified atom stereocenters. The highest BCUT2D eigenvalue weighted by molar-refractivity contribution is 5.64. The lowest BCUT2D eigenvalue weighted by molar-refractivity contribution is -0.384. The Labute approximate surface area is 131 Å². The smallest absolute Gasteiger partial charge is 0.431 e. The van der Waals surface area contributed by atoms with E-state index < -0.39 is 11.1 Å². The average Bonchev–Trinajstić information content (AvgIpc) is 3.18. The predicted octanol–water partition coefficient (Wildman–Crippen LogP) is 3.17. The number of carbonyl (C=O) groups is 1. The van der Waals surface area contributed by atoms with E-state index >= 15 is 0 Å². The van der Waals surface area contributed by atoms with Gasteiger partial charge in [0.05, 0.1) is 4.92 Å². The molecule has 0 aliphatic heterocycles. The van der Waals surface area contributed by atoms with Gasteiger partial charge in [-0.25, -0.2) is 4.79 Å². The molecule has 1 aromatic carbocycles. The third kappa shape index (κ3) is 3.65. The molecule has 1 saturated carbocycles. The molecule has 1 N–H and O–H groups in total. The second-order valence-corrected chi connectivity index (χ2v) is 5.36. The van der Waals surface area contributed by atoms with Crippen LogP contribution in [0.15, 0.2) is 36.5 Å². The molecule has 0 saturated heterocycles. The number of hydrogen-bond donors (Lipinski definition) is 1. The van der Waals surface area contributed by atoms with Gasteiger partial charge in [-0.15, -0.1) is 0 Å². The number of benzene rings is 1. The fraction of sp³-hybridized carbons (Fsp3) is 0.333. The summed E-state index contributed by atoms with van der Waals surface area (Å²) in [6.07, 6.45) is 3.10. The summed E-state index contributed by atoms with van der Waals surface area (Å²) in [5.74, 6) is 0.512. The van der Waals surface area contributed by atoms with Crippen LogP contribution in [0.2, 0.25) is 0 Å². The van der Waals surface area contributed by atoms with Crippen molar-refractivity contribution in [2.24, 2.45) is 0 Å². The summed E-state index contributed by atoms with van der Waals surface area (Å²) in [5, 5.41) is 17.4. The molecule has 0 amide bonds. The highest BCUT2D eigenvalue weighted by atomic mass is 16.7. The SMILES string of the molecule is O=C(Oc1ccc([N+](=O)[O-])cc1)OC1CCC(c2ccn[nH]2)C1. The summed E-state index contributed by atoms with van der Waals surface area (Å²) >= 11 is 0. The summed E-state index contributed by atoms with van der Waals surface area (Å²) in [5.41, 5.74) is 0.976. The van der Waals surface area contributed by atoms with Gasteiger partial charge in [-0.05, 0) is 37.5 Å². The minimum atomic E-state index is -0.797. The molecular weight excluding hydrogens is 302 g/mol. The standard InChI is InChI=1S/C15H15N3O5/c19-15(22-12-5-2-11(3-6-12)18(20)21)23-13-4-1-10(9-13)14-7-8-16-17-14/h2-3,5-8,10,13H,1,4,9H2,(H,16,17). The molecule has 0 bridgehead atoms. The van der Waals surface area contributed by atoms with E-state index in [2.05, 4.69) is 10.2 Å². The fourth-order valence-electron chi connectivity index (χ4n) is 2.72. The van der Waals surface area contributed by atoms with Crippen molar-refractivity contribution in [2.45, 2.75) is 31.3 Å². The number of carbonyl (C=O) groups excluding carboxylic acids is 1. The lowest BCUT2D eigenvalue weighted by Crippen LogP contribution is -2.18. The van der Waals surface area contributed by atoms with Gasteiger partial charge in [-0.1, -0.05) is 0 Å². The molecule has 0 radical (unpaired) electrons. The molecule has 2 aromatic rings. The molecule has 8 heteroatoms. The van der Waals surface area contributed by atoms with Gasteiger partial charge >= 0.3 is 6.16 Å². The Morgan fingerprint density at radius 1 is 1.26 bits per heavy atom. The van der Waals surface area contributed by atoms with E-state index in [0.29, 0.717) is 5.92 Å². The Balaban J connectivity index is 1.51. The minimum Gasteiger partial charge on any atom is -0.431 e. The topological polar surface area (TPSA) is 107 Å².